The van der Waals surface area contributed by atoms with Crippen molar-refractivity contribution in [2.24, 2.45) is 0 Å². The van der Waals surface area contributed by atoms with Crippen molar-refractivity contribution < 1.29 is 9.47 Å². The summed E-state index contributed by atoms with van der Waals surface area (Å²) in [6.45, 7) is 11.4. The third kappa shape index (κ3) is 4.37. The van der Waals surface area contributed by atoms with Crippen molar-refractivity contribution >= 4 is 11.6 Å². The summed E-state index contributed by atoms with van der Waals surface area (Å²) < 4.78 is 11.1. The van der Waals surface area contributed by atoms with Crippen LogP contribution >= 0.6 is 0 Å². The van der Waals surface area contributed by atoms with Gasteiger partial charge in [-0.3, -0.25) is 4.90 Å². The Morgan fingerprint density at radius 3 is 2.37 bits per heavy atom. The van der Waals surface area contributed by atoms with Gasteiger partial charge < -0.3 is 19.3 Å². The Labute approximate surface area is 178 Å². The second-order valence-electron chi connectivity index (χ2n) is 8.35. The monoisotopic (exact) mass is 409 g/mol. The molecule has 7 heteroatoms. The van der Waals surface area contributed by atoms with E-state index in [0.29, 0.717) is 0 Å². The fourth-order valence-electron chi connectivity index (χ4n) is 4.54. The van der Waals surface area contributed by atoms with Gasteiger partial charge in [-0.15, -0.1) is 0 Å². The Morgan fingerprint density at radius 1 is 0.867 bits per heavy atom. The van der Waals surface area contributed by atoms with Crippen molar-refractivity contribution in [1.29, 1.82) is 0 Å². The number of hydrogen-bond donors (Lipinski definition) is 0. The standard InChI is InChI=1S/C23H31N5O2/c1-18-24-22(17-23(25-18)28-11-14-29-15-12-28)27-9-7-26(8-10-27)6-4-19-2-3-21-20(16-19)5-13-30-21/h2-3,16-17H,4-15H2,1H3. The van der Waals surface area contributed by atoms with Crippen LogP contribution in [0.2, 0.25) is 0 Å². The van der Waals surface area contributed by atoms with Crippen LogP contribution in [0.3, 0.4) is 0 Å². The number of fused-ring (bicyclic) bond motifs is 1. The molecule has 7 nitrogen and oxygen atoms in total. The molecule has 0 spiro atoms. The van der Waals surface area contributed by atoms with E-state index in [1.807, 2.05) is 6.92 Å². The van der Waals surface area contributed by atoms with Crippen LogP contribution in [0.4, 0.5) is 11.6 Å². The fraction of sp³-hybridized carbons (Fsp3) is 0.565. The molecule has 30 heavy (non-hydrogen) atoms. The van der Waals surface area contributed by atoms with Gasteiger partial charge in [0.1, 0.15) is 23.2 Å². The van der Waals surface area contributed by atoms with Gasteiger partial charge in [-0.2, -0.15) is 0 Å². The maximum atomic E-state index is 5.62. The molecule has 1 aromatic carbocycles. The van der Waals surface area contributed by atoms with Gasteiger partial charge in [0, 0.05) is 58.3 Å². The normalized spacial score (nSPS) is 19.6. The maximum Gasteiger partial charge on any atom is 0.134 e. The highest BCUT2D eigenvalue weighted by molar-refractivity contribution is 5.51. The summed E-state index contributed by atoms with van der Waals surface area (Å²) in [7, 11) is 0. The van der Waals surface area contributed by atoms with Gasteiger partial charge in [0.2, 0.25) is 0 Å². The summed E-state index contributed by atoms with van der Waals surface area (Å²) in [5.74, 6) is 4.01. The molecular weight excluding hydrogens is 378 g/mol. The number of piperazine rings is 1. The Balaban J connectivity index is 1.16. The molecule has 0 aliphatic carbocycles. The van der Waals surface area contributed by atoms with E-state index in [-0.39, 0.29) is 0 Å². The largest absolute Gasteiger partial charge is 0.493 e. The van der Waals surface area contributed by atoms with Crippen LogP contribution in [-0.4, -0.2) is 80.5 Å². The Hall–Kier alpha value is -2.38. The first-order valence-electron chi connectivity index (χ1n) is 11.1. The molecule has 1 aromatic heterocycles. The average Bonchev–Trinajstić information content (AvgIpc) is 3.26. The zero-order chi connectivity index (χ0) is 20.3. The third-order valence-electron chi connectivity index (χ3n) is 6.31. The molecular formula is C23H31N5O2. The van der Waals surface area contributed by atoms with Crippen molar-refractivity contribution in [2.75, 3.05) is 75.4 Å². The smallest absolute Gasteiger partial charge is 0.134 e. The second-order valence-corrected chi connectivity index (χ2v) is 8.35. The molecule has 5 rings (SSSR count). The molecule has 3 aliphatic rings. The number of benzene rings is 1. The zero-order valence-corrected chi connectivity index (χ0v) is 17.8. The molecule has 0 atom stereocenters. The highest BCUT2D eigenvalue weighted by Gasteiger charge is 2.21. The summed E-state index contributed by atoms with van der Waals surface area (Å²) >= 11 is 0. The van der Waals surface area contributed by atoms with Gasteiger partial charge in [-0.1, -0.05) is 12.1 Å². The van der Waals surface area contributed by atoms with Gasteiger partial charge in [-0.25, -0.2) is 9.97 Å². The van der Waals surface area contributed by atoms with Crippen LogP contribution in [0.15, 0.2) is 24.3 Å². The predicted molar refractivity (Wildman–Crippen MR) is 118 cm³/mol. The fourth-order valence-corrected chi connectivity index (χ4v) is 4.54. The van der Waals surface area contributed by atoms with Crippen molar-refractivity contribution in [1.82, 2.24) is 14.9 Å². The van der Waals surface area contributed by atoms with Crippen LogP contribution in [0, 0.1) is 6.92 Å². The first kappa shape index (κ1) is 19.6. The van der Waals surface area contributed by atoms with Gasteiger partial charge >= 0.3 is 0 Å². The predicted octanol–water partition coefficient (Wildman–Crippen LogP) is 1.92. The lowest BCUT2D eigenvalue weighted by Crippen LogP contribution is -2.47. The highest BCUT2D eigenvalue weighted by atomic mass is 16.5. The van der Waals surface area contributed by atoms with Crippen molar-refractivity contribution in [3.05, 3.63) is 41.2 Å². The number of ether oxygens (including phenoxy) is 2. The number of anilines is 2. The molecule has 3 aliphatic heterocycles. The van der Waals surface area contributed by atoms with Crippen LogP contribution in [0.25, 0.3) is 0 Å². The van der Waals surface area contributed by atoms with E-state index in [4.69, 9.17) is 14.5 Å². The first-order chi connectivity index (χ1) is 14.7. The van der Waals surface area contributed by atoms with E-state index in [9.17, 15) is 0 Å². The highest BCUT2D eigenvalue weighted by Crippen LogP contribution is 2.26. The molecule has 2 fully saturated rings. The van der Waals surface area contributed by atoms with E-state index in [0.717, 1.165) is 102 Å². The van der Waals surface area contributed by atoms with Crippen LogP contribution in [0.5, 0.6) is 5.75 Å². The van der Waals surface area contributed by atoms with Gasteiger partial charge in [0.05, 0.1) is 19.8 Å². The summed E-state index contributed by atoms with van der Waals surface area (Å²) in [5, 5.41) is 0. The summed E-state index contributed by atoms with van der Waals surface area (Å²) in [5.41, 5.74) is 2.79. The molecule has 0 N–H and O–H groups in total. The van der Waals surface area contributed by atoms with Gasteiger partial charge in [0.25, 0.3) is 0 Å². The van der Waals surface area contributed by atoms with Gasteiger partial charge in [0.15, 0.2) is 0 Å². The first-order valence-corrected chi connectivity index (χ1v) is 11.1. The molecule has 0 radical (unpaired) electrons. The Kier molecular flexibility index (Phi) is 5.73. The van der Waals surface area contributed by atoms with Crippen LogP contribution < -0.4 is 14.5 Å². The second kappa shape index (κ2) is 8.78. The minimum atomic E-state index is 0.772. The van der Waals surface area contributed by atoms with Crippen LogP contribution in [0.1, 0.15) is 17.0 Å². The van der Waals surface area contributed by atoms with E-state index in [2.05, 4.69) is 43.9 Å². The number of aromatic nitrogens is 2. The summed E-state index contributed by atoms with van der Waals surface area (Å²) in [6.07, 6.45) is 2.15. The quantitative estimate of drug-likeness (QED) is 0.748. The Bertz CT molecular complexity index is 876. The topological polar surface area (TPSA) is 54.0 Å². The van der Waals surface area contributed by atoms with E-state index in [1.54, 1.807) is 0 Å². The average molecular weight is 410 g/mol. The number of rotatable bonds is 5. The molecule has 160 valence electrons. The lowest BCUT2D eigenvalue weighted by molar-refractivity contribution is 0.122. The Morgan fingerprint density at radius 2 is 1.60 bits per heavy atom. The summed E-state index contributed by atoms with van der Waals surface area (Å²) in [6, 6.07) is 8.84. The molecule has 2 aromatic rings. The number of morpholine rings is 1. The zero-order valence-electron chi connectivity index (χ0n) is 17.8. The van der Waals surface area contributed by atoms with E-state index < -0.39 is 0 Å². The molecule has 0 unspecified atom stereocenters. The van der Waals surface area contributed by atoms with Crippen molar-refractivity contribution in [2.45, 2.75) is 19.8 Å². The lowest BCUT2D eigenvalue weighted by Gasteiger charge is -2.36. The van der Waals surface area contributed by atoms with E-state index in [1.165, 1.54) is 11.1 Å². The minimum Gasteiger partial charge on any atom is -0.493 e. The third-order valence-corrected chi connectivity index (χ3v) is 6.31. The number of aryl methyl sites for hydroxylation is 1. The number of hydrogen-bond acceptors (Lipinski definition) is 7. The lowest BCUT2D eigenvalue weighted by atomic mass is 10.1. The molecule has 4 heterocycles. The van der Waals surface area contributed by atoms with Crippen molar-refractivity contribution in [3.63, 3.8) is 0 Å². The molecule has 0 amide bonds. The number of nitrogens with zero attached hydrogens (tertiary/aromatic N) is 5. The maximum absolute atomic E-state index is 5.62. The van der Waals surface area contributed by atoms with E-state index >= 15 is 0 Å². The van der Waals surface area contributed by atoms with Gasteiger partial charge in [-0.05, 0) is 30.5 Å². The minimum absolute atomic E-state index is 0.772. The molecule has 2 saturated heterocycles. The van der Waals surface area contributed by atoms with Crippen molar-refractivity contribution in [3.8, 4) is 5.75 Å². The van der Waals surface area contributed by atoms with Crippen LogP contribution in [-0.2, 0) is 17.6 Å². The molecule has 0 saturated carbocycles. The summed E-state index contributed by atoms with van der Waals surface area (Å²) in [4.78, 5) is 16.7. The SMILES string of the molecule is Cc1nc(N2CCOCC2)cc(N2CCN(CCc3ccc4c(c3)CCO4)CC2)n1. The molecule has 0 bridgehead atoms.